The third-order valence-electron chi connectivity index (χ3n) is 2.75. The molecule has 0 unspecified atom stereocenters. The molecule has 106 valence electrons. The van der Waals surface area contributed by atoms with Gasteiger partial charge in [-0.15, -0.1) is 0 Å². The van der Waals surface area contributed by atoms with Crippen LogP contribution in [0.2, 0.25) is 0 Å². The van der Waals surface area contributed by atoms with Crippen molar-refractivity contribution in [2.75, 3.05) is 20.7 Å². The third kappa shape index (κ3) is 3.17. The van der Waals surface area contributed by atoms with Gasteiger partial charge in [0.25, 0.3) is 5.91 Å². The van der Waals surface area contributed by atoms with Crippen molar-refractivity contribution in [3.05, 3.63) is 32.2 Å². The summed E-state index contributed by atoms with van der Waals surface area (Å²) >= 11 is 3.63. The zero-order valence-electron chi connectivity index (χ0n) is 11.5. The standard InChI is InChI=1S/C14H15IN2O2S/c1-4-19-11-6-5-9(7-10(11)15)8-12-13(18)17(3)14(16-2)20-12/h5-8H,4H2,1-3H3. The third-order valence-corrected chi connectivity index (χ3v) is 4.74. The van der Waals surface area contributed by atoms with E-state index in [1.807, 2.05) is 31.2 Å². The Labute approximate surface area is 136 Å². The lowest BCUT2D eigenvalue weighted by Crippen LogP contribution is -2.23. The van der Waals surface area contributed by atoms with E-state index in [0.29, 0.717) is 11.5 Å². The van der Waals surface area contributed by atoms with Crippen LogP contribution in [-0.4, -0.2) is 36.7 Å². The quantitative estimate of drug-likeness (QED) is 0.576. The molecule has 0 atom stereocenters. The van der Waals surface area contributed by atoms with Gasteiger partial charge in [0.05, 0.1) is 15.1 Å². The van der Waals surface area contributed by atoms with Crippen LogP contribution >= 0.6 is 34.4 Å². The summed E-state index contributed by atoms with van der Waals surface area (Å²) in [6.45, 7) is 2.60. The Balaban J connectivity index is 2.28. The van der Waals surface area contributed by atoms with Crippen molar-refractivity contribution >= 4 is 51.5 Å². The summed E-state index contributed by atoms with van der Waals surface area (Å²) in [5, 5.41) is 0.724. The highest BCUT2D eigenvalue weighted by Gasteiger charge is 2.29. The first kappa shape index (κ1) is 15.4. The van der Waals surface area contributed by atoms with Gasteiger partial charge in [-0.25, -0.2) is 0 Å². The van der Waals surface area contributed by atoms with E-state index in [-0.39, 0.29) is 5.91 Å². The van der Waals surface area contributed by atoms with Crippen molar-refractivity contribution in [3.63, 3.8) is 0 Å². The van der Waals surface area contributed by atoms with Crippen molar-refractivity contribution < 1.29 is 9.53 Å². The smallest absolute Gasteiger partial charge is 0.266 e. The van der Waals surface area contributed by atoms with Crippen LogP contribution in [0.1, 0.15) is 12.5 Å². The molecule has 0 radical (unpaired) electrons. The number of carbonyl (C=O) groups is 1. The Kier molecular flexibility index (Phi) is 5.09. The zero-order valence-corrected chi connectivity index (χ0v) is 14.5. The van der Waals surface area contributed by atoms with Crippen LogP contribution in [0.4, 0.5) is 0 Å². The molecule has 1 fully saturated rings. The van der Waals surface area contributed by atoms with Crippen LogP contribution in [0.3, 0.4) is 0 Å². The summed E-state index contributed by atoms with van der Waals surface area (Å²) in [6, 6.07) is 5.89. The number of aliphatic imine (C=N–C) groups is 1. The highest BCUT2D eigenvalue weighted by Crippen LogP contribution is 2.32. The molecule has 2 rings (SSSR count). The van der Waals surface area contributed by atoms with E-state index in [1.165, 1.54) is 11.8 Å². The summed E-state index contributed by atoms with van der Waals surface area (Å²) < 4.78 is 6.54. The minimum absolute atomic E-state index is 0.0144. The van der Waals surface area contributed by atoms with Gasteiger partial charge in [0, 0.05) is 14.1 Å². The molecule has 1 amide bonds. The molecule has 6 heteroatoms. The van der Waals surface area contributed by atoms with E-state index in [0.717, 1.165) is 20.1 Å². The first-order valence-electron chi connectivity index (χ1n) is 6.13. The number of amides is 1. The summed E-state index contributed by atoms with van der Waals surface area (Å²) in [6.07, 6.45) is 1.89. The Bertz CT molecular complexity index is 599. The molecule has 20 heavy (non-hydrogen) atoms. The SMILES string of the molecule is CCOc1ccc(C=C2SC(=NC)N(C)C2=O)cc1I. The largest absolute Gasteiger partial charge is 0.493 e. The molecule has 0 N–H and O–H groups in total. The average Bonchev–Trinajstić information content (AvgIpc) is 2.70. The lowest BCUT2D eigenvalue weighted by Gasteiger charge is -2.06. The average molecular weight is 402 g/mol. The monoisotopic (exact) mass is 402 g/mol. The molecule has 0 bridgehead atoms. The van der Waals surface area contributed by atoms with Crippen LogP contribution in [0.15, 0.2) is 28.1 Å². The van der Waals surface area contributed by atoms with Crippen LogP contribution < -0.4 is 4.74 Å². The number of rotatable bonds is 3. The molecular weight excluding hydrogens is 387 g/mol. The highest BCUT2D eigenvalue weighted by molar-refractivity contribution is 14.1. The molecule has 0 aliphatic carbocycles. The van der Waals surface area contributed by atoms with Crippen molar-refractivity contribution in [2.24, 2.45) is 4.99 Å². The lowest BCUT2D eigenvalue weighted by atomic mass is 10.2. The fraction of sp³-hybridized carbons (Fsp3) is 0.286. The fourth-order valence-electron chi connectivity index (χ4n) is 1.78. The first-order valence-corrected chi connectivity index (χ1v) is 8.03. The minimum Gasteiger partial charge on any atom is -0.493 e. The second kappa shape index (κ2) is 6.62. The van der Waals surface area contributed by atoms with Crippen molar-refractivity contribution in [3.8, 4) is 5.75 Å². The Hall–Kier alpha value is -1.02. The van der Waals surface area contributed by atoms with Gasteiger partial charge >= 0.3 is 0 Å². The number of nitrogens with zero attached hydrogens (tertiary/aromatic N) is 2. The van der Waals surface area contributed by atoms with Gasteiger partial charge < -0.3 is 4.74 Å². The number of hydrogen-bond donors (Lipinski definition) is 0. The maximum atomic E-state index is 12.1. The number of likely N-dealkylation sites (N-methyl/N-ethyl adjacent to an activating group) is 1. The van der Waals surface area contributed by atoms with Crippen molar-refractivity contribution in [1.82, 2.24) is 4.90 Å². The van der Waals surface area contributed by atoms with Gasteiger partial charge in [0.15, 0.2) is 5.17 Å². The van der Waals surface area contributed by atoms with Crippen LogP contribution in [0.25, 0.3) is 6.08 Å². The number of hydrogen-bond acceptors (Lipinski definition) is 4. The predicted octanol–water partition coefficient (Wildman–Crippen LogP) is 3.22. The Morgan fingerprint density at radius 1 is 1.50 bits per heavy atom. The number of amidine groups is 1. The maximum absolute atomic E-state index is 12.1. The van der Waals surface area contributed by atoms with Gasteiger partial charge in [0.1, 0.15) is 5.75 Å². The van der Waals surface area contributed by atoms with E-state index < -0.39 is 0 Å². The summed E-state index contributed by atoms with van der Waals surface area (Å²) in [4.78, 5) is 18.4. The molecule has 1 heterocycles. The lowest BCUT2D eigenvalue weighted by molar-refractivity contribution is -0.121. The first-order chi connectivity index (χ1) is 9.56. The molecule has 0 spiro atoms. The molecule has 4 nitrogen and oxygen atoms in total. The number of thioether (sulfide) groups is 1. The molecule has 1 saturated heterocycles. The van der Waals surface area contributed by atoms with Gasteiger partial charge in [-0.05, 0) is 65.0 Å². The Morgan fingerprint density at radius 3 is 2.80 bits per heavy atom. The highest BCUT2D eigenvalue weighted by atomic mass is 127. The predicted molar refractivity (Wildman–Crippen MR) is 92.0 cm³/mol. The molecule has 1 aliphatic rings. The topological polar surface area (TPSA) is 41.9 Å². The van der Waals surface area contributed by atoms with Gasteiger partial charge in [-0.3, -0.25) is 14.7 Å². The van der Waals surface area contributed by atoms with E-state index in [2.05, 4.69) is 27.6 Å². The molecule has 0 aromatic heterocycles. The van der Waals surface area contributed by atoms with Crippen LogP contribution in [0.5, 0.6) is 5.75 Å². The van der Waals surface area contributed by atoms with Gasteiger partial charge in [0.2, 0.25) is 0 Å². The van der Waals surface area contributed by atoms with E-state index in [9.17, 15) is 4.79 Å². The molecular formula is C14H15IN2O2S. The number of benzene rings is 1. The minimum atomic E-state index is -0.0144. The number of halogens is 1. The van der Waals surface area contributed by atoms with Gasteiger partial charge in [-0.2, -0.15) is 0 Å². The summed E-state index contributed by atoms with van der Waals surface area (Å²) in [5.41, 5.74) is 0.986. The zero-order chi connectivity index (χ0) is 14.7. The molecule has 1 aliphatic heterocycles. The Morgan fingerprint density at radius 2 is 2.25 bits per heavy atom. The normalized spacial score (nSPS) is 19.2. The summed E-state index contributed by atoms with van der Waals surface area (Å²) in [5.74, 6) is 0.855. The second-order valence-electron chi connectivity index (χ2n) is 4.10. The second-order valence-corrected chi connectivity index (χ2v) is 6.28. The van der Waals surface area contributed by atoms with Crippen LogP contribution in [0, 0.1) is 3.57 Å². The van der Waals surface area contributed by atoms with Crippen molar-refractivity contribution in [1.29, 1.82) is 0 Å². The van der Waals surface area contributed by atoms with Crippen LogP contribution in [-0.2, 0) is 4.79 Å². The molecule has 1 aromatic rings. The summed E-state index contributed by atoms with van der Waals surface area (Å²) in [7, 11) is 3.43. The number of ether oxygens (including phenoxy) is 1. The molecule has 1 aromatic carbocycles. The maximum Gasteiger partial charge on any atom is 0.266 e. The van der Waals surface area contributed by atoms with Crippen molar-refractivity contribution in [2.45, 2.75) is 6.92 Å². The molecule has 0 saturated carbocycles. The van der Waals surface area contributed by atoms with Gasteiger partial charge in [-0.1, -0.05) is 6.07 Å². The van der Waals surface area contributed by atoms with E-state index >= 15 is 0 Å². The van der Waals surface area contributed by atoms with E-state index in [4.69, 9.17) is 4.74 Å². The fourth-order valence-corrected chi connectivity index (χ4v) is 3.40. The van der Waals surface area contributed by atoms with E-state index in [1.54, 1.807) is 19.0 Å². The number of carbonyl (C=O) groups excluding carboxylic acids is 1.